The molecule has 0 saturated carbocycles. The molecule has 1 N–H and O–H groups in total. The maximum atomic E-state index is 12.7. The molecule has 2 heterocycles. The molecule has 1 aromatic rings. The summed E-state index contributed by atoms with van der Waals surface area (Å²) in [5.74, 6) is 1.59. The molecule has 2 atom stereocenters. The molecule has 2 amide bonds. The zero-order valence-corrected chi connectivity index (χ0v) is 17.7. The Labute approximate surface area is 174 Å². The molecule has 6 nitrogen and oxygen atoms in total. The highest BCUT2D eigenvalue weighted by Crippen LogP contribution is 2.19. The van der Waals surface area contributed by atoms with Gasteiger partial charge in [0, 0.05) is 32.6 Å². The van der Waals surface area contributed by atoms with E-state index in [4.69, 9.17) is 4.74 Å². The fourth-order valence-corrected chi connectivity index (χ4v) is 3.81. The second kappa shape index (κ2) is 10.7. The van der Waals surface area contributed by atoms with E-state index in [1.165, 1.54) is 6.42 Å². The van der Waals surface area contributed by atoms with Crippen molar-refractivity contribution in [2.24, 2.45) is 5.92 Å². The van der Waals surface area contributed by atoms with Crippen LogP contribution in [0.3, 0.4) is 0 Å². The number of halogens is 1. The van der Waals surface area contributed by atoms with E-state index in [0.717, 1.165) is 30.8 Å². The van der Waals surface area contributed by atoms with Crippen LogP contribution in [0.1, 0.15) is 31.7 Å². The number of para-hydroxylation sites is 1. The molecular formula is C21H32ClN3O3. The van der Waals surface area contributed by atoms with Gasteiger partial charge in [0.15, 0.2) is 6.10 Å². The molecule has 2 fully saturated rings. The van der Waals surface area contributed by atoms with Gasteiger partial charge in [-0.2, -0.15) is 0 Å². The number of carbonyl (C=O) groups excluding carboxylic acids is 2. The zero-order valence-electron chi connectivity index (χ0n) is 16.9. The van der Waals surface area contributed by atoms with E-state index >= 15 is 0 Å². The van der Waals surface area contributed by atoms with Gasteiger partial charge in [-0.3, -0.25) is 9.59 Å². The molecule has 0 spiro atoms. The summed E-state index contributed by atoms with van der Waals surface area (Å²) in [6.07, 6.45) is 2.23. The van der Waals surface area contributed by atoms with Gasteiger partial charge in [0.25, 0.3) is 5.91 Å². The van der Waals surface area contributed by atoms with Crippen molar-refractivity contribution in [3.05, 3.63) is 29.8 Å². The fraction of sp³-hybridized carbons (Fsp3) is 0.619. The summed E-state index contributed by atoms with van der Waals surface area (Å²) in [6.45, 7) is 8.26. The van der Waals surface area contributed by atoms with Gasteiger partial charge in [0.05, 0.1) is 0 Å². The number of nitrogens with one attached hydrogen (secondary N) is 1. The molecule has 0 bridgehead atoms. The number of hydrogen-bond donors (Lipinski definition) is 1. The molecular weight excluding hydrogens is 378 g/mol. The lowest BCUT2D eigenvalue weighted by atomic mass is 10.0. The Morgan fingerprint density at radius 1 is 1.18 bits per heavy atom. The van der Waals surface area contributed by atoms with E-state index in [0.29, 0.717) is 38.5 Å². The Bertz CT molecular complexity index is 656. The summed E-state index contributed by atoms with van der Waals surface area (Å²) < 4.78 is 5.85. The van der Waals surface area contributed by atoms with Gasteiger partial charge >= 0.3 is 0 Å². The van der Waals surface area contributed by atoms with E-state index in [-0.39, 0.29) is 24.2 Å². The second-order valence-corrected chi connectivity index (χ2v) is 7.63. The van der Waals surface area contributed by atoms with Crippen molar-refractivity contribution in [1.82, 2.24) is 15.1 Å². The fourth-order valence-electron chi connectivity index (χ4n) is 3.81. The maximum Gasteiger partial charge on any atom is 0.263 e. The van der Waals surface area contributed by atoms with Crippen LogP contribution >= 0.6 is 12.4 Å². The van der Waals surface area contributed by atoms with Gasteiger partial charge in [-0.15, -0.1) is 12.4 Å². The molecule has 156 valence electrons. The van der Waals surface area contributed by atoms with Crippen molar-refractivity contribution in [1.29, 1.82) is 0 Å². The summed E-state index contributed by atoms with van der Waals surface area (Å²) in [4.78, 5) is 28.8. The number of hydrogen-bond acceptors (Lipinski definition) is 4. The minimum Gasteiger partial charge on any atom is -0.481 e. The third kappa shape index (κ3) is 5.85. The third-order valence-corrected chi connectivity index (χ3v) is 5.62. The van der Waals surface area contributed by atoms with Crippen LogP contribution in [0.25, 0.3) is 0 Å². The van der Waals surface area contributed by atoms with Gasteiger partial charge in [0.1, 0.15) is 5.75 Å². The van der Waals surface area contributed by atoms with Crippen molar-refractivity contribution in [3.63, 3.8) is 0 Å². The number of ether oxygens (including phenoxy) is 1. The van der Waals surface area contributed by atoms with Crippen LogP contribution in [0.4, 0.5) is 0 Å². The average Bonchev–Trinajstić information content (AvgIpc) is 3.21. The highest BCUT2D eigenvalue weighted by molar-refractivity contribution is 5.85. The molecule has 3 rings (SSSR count). The van der Waals surface area contributed by atoms with E-state index in [2.05, 4.69) is 5.32 Å². The van der Waals surface area contributed by atoms with Crippen molar-refractivity contribution >= 4 is 24.2 Å². The minimum absolute atomic E-state index is 0. The highest BCUT2D eigenvalue weighted by atomic mass is 35.5. The summed E-state index contributed by atoms with van der Waals surface area (Å²) in [7, 11) is 0. The smallest absolute Gasteiger partial charge is 0.263 e. The van der Waals surface area contributed by atoms with Crippen molar-refractivity contribution in [3.8, 4) is 5.75 Å². The third-order valence-electron chi connectivity index (χ3n) is 5.62. The molecule has 7 heteroatoms. The lowest BCUT2D eigenvalue weighted by Crippen LogP contribution is -2.53. The monoisotopic (exact) mass is 409 g/mol. The topological polar surface area (TPSA) is 61.9 Å². The summed E-state index contributed by atoms with van der Waals surface area (Å²) in [5.41, 5.74) is 1.02. The molecule has 2 aliphatic rings. The second-order valence-electron chi connectivity index (χ2n) is 7.63. The predicted octanol–water partition coefficient (Wildman–Crippen LogP) is 2.24. The molecule has 2 aliphatic heterocycles. The maximum absolute atomic E-state index is 12.7. The average molecular weight is 410 g/mol. The quantitative estimate of drug-likeness (QED) is 0.782. The Balaban J connectivity index is 0.00000280. The van der Waals surface area contributed by atoms with Crippen LogP contribution < -0.4 is 10.1 Å². The van der Waals surface area contributed by atoms with E-state index in [1.807, 2.05) is 41.0 Å². The molecule has 1 aromatic carbocycles. The van der Waals surface area contributed by atoms with Crippen LogP contribution in [0.15, 0.2) is 24.3 Å². The van der Waals surface area contributed by atoms with E-state index in [9.17, 15) is 9.59 Å². The first kappa shape index (κ1) is 22.5. The van der Waals surface area contributed by atoms with Crippen molar-refractivity contribution in [2.45, 2.75) is 39.2 Å². The Hall–Kier alpha value is -1.79. The van der Waals surface area contributed by atoms with Crippen LogP contribution in [-0.4, -0.2) is 67.0 Å². The van der Waals surface area contributed by atoms with Gasteiger partial charge in [0.2, 0.25) is 5.91 Å². The normalized spacial score (nSPS) is 20.4. The number of rotatable bonds is 6. The van der Waals surface area contributed by atoms with Gasteiger partial charge < -0.3 is 19.9 Å². The zero-order chi connectivity index (χ0) is 19.2. The SMILES string of the molecule is Cc1ccccc1OC(C)C(=O)N1CCN(C(=O)CCC2CCNC2)CC1.Cl. The van der Waals surface area contributed by atoms with Gasteiger partial charge in [-0.1, -0.05) is 18.2 Å². The molecule has 0 aliphatic carbocycles. The molecule has 28 heavy (non-hydrogen) atoms. The number of nitrogens with zero attached hydrogens (tertiary/aromatic N) is 2. The first-order valence-corrected chi connectivity index (χ1v) is 10.0. The van der Waals surface area contributed by atoms with E-state index in [1.54, 1.807) is 6.92 Å². The molecule has 2 unspecified atom stereocenters. The lowest BCUT2D eigenvalue weighted by Gasteiger charge is -2.36. The Morgan fingerprint density at radius 3 is 2.50 bits per heavy atom. The molecule has 0 radical (unpaired) electrons. The van der Waals surface area contributed by atoms with Crippen LogP contribution in [0.2, 0.25) is 0 Å². The minimum atomic E-state index is -0.525. The Morgan fingerprint density at radius 2 is 1.86 bits per heavy atom. The highest BCUT2D eigenvalue weighted by Gasteiger charge is 2.28. The number of piperazine rings is 1. The first-order chi connectivity index (χ1) is 13.0. The predicted molar refractivity (Wildman–Crippen MR) is 112 cm³/mol. The van der Waals surface area contributed by atoms with E-state index < -0.39 is 6.10 Å². The largest absolute Gasteiger partial charge is 0.481 e. The van der Waals surface area contributed by atoms with Crippen LogP contribution in [-0.2, 0) is 9.59 Å². The Kier molecular flexibility index (Phi) is 8.58. The summed E-state index contributed by atoms with van der Waals surface area (Å²) in [5, 5.41) is 3.34. The first-order valence-electron chi connectivity index (χ1n) is 10.0. The van der Waals surface area contributed by atoms with Crippen molar-refractivity contribution in [2.75, 3.05) is 39.3 Å². The number of aryl methyl sites for hydroxylation is 1. The molecule has 0 aromatic heterocycles. The molecule has 2 saturated heterocycles. The van der Waals surface area contributed by atoms with Crippen molar-refractivity contribution < 1.29 is 14.3 Å². The number of benzene rings is 1. The number of amides is 2. The lowest BCUT2D eigenvalue weighted by molar-refractivity contribution is -0.143. The van der Waals surface area contributed by atoms with Gasteiger partial charge in [-0.05, 0) is 57.3 Å². The summed E-state index contributed by atoms with van der Waals surface area (Å²) in [6, 6.07) is 7.72. The number of carbonyl (C=O) groups is 2. The van der Waals surface area contributed by atoms with Gasteiger partial charge in [-0.25, -0.2) is 0 Å². The standard InChI is InChI=1S/C21H31N3O3.ClH/c1-16-5-3-4-6-19(16)27-17(2)21(26)24-13-11-23(12-14-24)20(25)8-7-18-9-10-22-15-18;/h3-6,17-18,22H,7-15H2,1-2H3;1H. The van der Waals surface area contributed by atoms with Crippen LogP contribution in [0.5, 0.6) is 5.75 Å². The van der Waals surface area contributed by atoms with Crippen LogP contribution in [0, 0.1) is 12.8 Å². The summed E-state index contributed by atoms with van der Waals surface area (Å²) >= 11 is 0.